The van der Waals surface area contributed by atoms with E-state index in [-0.39, 0.29) is 39.4 Å². The number of hydrogen-bond acceptors (Lipinski definition) is 6. The van der Waals surface area contributed by atoms with Crippen LogP contribution < -0.4 is 0 Å². The second kappa shape index (κ2) is 10.3. The summed E-state index contributed by atoms with van der Waals surface area (Å²) in [6.07, 6.45) is -6.07. The number of rotatable bonds is 5. The standard InChI is InChI=1S/C6H11O6.Au.HSe/c7-1-3(9)5(11)6(12)4(10)2-8;;/h3-7,9-12H,1H2;;1H/q-1;+1;/t3-,4+,5-,6-;;/m1../s1. The SMILES string of the molecule is O=[C-][C@H](O)[C@@H](O)[C@H](O)[C@H](O)CO.[Au+].[SeH]. The zero-order valence-corrected chi connectivity index (χ0v) is 11.0. The van der Waals surface area contributed by atoms with E-state index in [1.807, 2.05) is 0 Å². The Morgan fingerprint density at radius 3 is 1.79 bits per heavy atom. The molecule has 1 radical (unpaired) electrons. The Bertz CT molecular complexity index is 148. The molecule has 0 heterocycles. The van der Waals surface area contributed by atoms with Crippen molar-refractivity contribution >= 4 is 23.4 Å². The van der Waals surface area contributed by atoms with Crippen LogP contribution in [0.25, 0.3) is 0 Å². The third kappa shape index (κ3) is 6.26. The second-order valence-corrected chi connectivity index (χ2v) is 2.29. The molecule has 8 heteroatoms. The Kier molecular flexibility index (Phi) is 14.8. The molecule has 0 unspecified atom stereocenters. The topological polar surface area (TPSA) is 118 Å². The summed E-state index contributed by atoms with van der Waals surface area (Å²) in [7, 11) is 0. The summed E-state index contributed by atoms with van der Waals surface area (Å²) >= 11 is 0. The van der Waals surface area contributed by atoms with E-state index in [4.69, 9.17) is 25.5 Å². The Hall–Kier alpha value is 0.730. The molecule has 0 aromatic heterocycles. The summed E-state index contributed by atoms with van der Waals surface area (Å²) < 4.78 is 0. The van der Waals surface area contributed by atoms with Crippen molar-refractivity contribution in [3.8, 4) is 0 Å². The molecule has 0 fully saturated rings. The van der Waals surface area contributed by atoms with Crippen LogP contribution in [0.5, 0.6) is 0 Å². The normalized spacial score (nSPS) is 18.1. The van der Waals surface area contributed by atoms with Crippen molar-refractivity contribution in [3.63, 3.8) is 0 Å². The molecule has 0 aromatic rings. The van der Waals surface area contributed by atoms with Gasteiger partial charge in [0, 0.05) is 0 Å². The summed E-state index contributed by atoms with van der Waals surface area (Å²) in [4.78, 5) is 9.77. The van der Waals surface area contributed by atoms with Crippen molar-refractivity contribution in [2.75, 3.05) is 6.61 Å². The van der Waals surface area contributed by atoms with E-state index in [1.165, 1.54) is 0 Å². The van der Waals surface area contributed by atoms with Crippen LogP contribution >= 0.6 is 0 Å². The van der Waals surface area contributed by atoms with Crippen LogP contribution in [0.1, 0.15) is 0 Å². The summed E-state index contributed by atoms with van der Waals surface area (Å²) in [5.41, 5.74) is 0. The van der Waals surface area contributed by atoms with Crippen LogP contribution in [-0.4, -0.2) is 79.9 Å². The van der Waals surface area contributed by atoms with Gasteiger partial charge in [-0.15, -0.1) is 0 Å². The molecule has 0 bridgehead atoms. The number of hydrogen-bond donors (Lipinski definition) is 5. The van der Waals surface area contributed by atoms with Gasteiger partial charge in [-0.05, 0) is 6.10 Å². The second-order valence-electron chi connectivity index (χ2n) is 2.29. The first-order valence-corrected chi connectivity index (χ1v) is 3.25. The van der Waals surface area contributed by atoms with Gasteiger partial charge >= 0.3 is 39.4 Å². The van der Waals surface area contributed by atoms with E-state index >= 15 is 0 Å². The molecular weight excluding hydrogens is 444 g/mol. The summed E-state index contributed by atoms with van der Waals surface area (Å²) in [6.45, 7) is -0.774. The van der Waals surface area contributed by atoms with Crippen molar-refractivity contribution < 1.29 is 52.7 Å². The van der Waals surface area contributed by atoms with Crippen LogP contribution in [0.4, 0.5) is 0 Å². The Labute approximate surface area is 107 Å². The fourth-order valence-electron chi connectivity index (χ4n) is 0.592. The van der Waals surface area contributed by atoms with Crippen LogP contribution in [0.2, 0.25) is 0 Å². The number of aliphatic hydroxyl groups excluding tert-OH is 5. The van der Waals surface area contributed by atoms with Gasteiger partial charge in [0.15, 0.2) is 0 Å². The van der Waals surface area contributed by atoms with Crippen molar-refractivity contribution in [1.82, 2.24) is 0 Å². The van der Waals surface area contributed by atoms with E-state index in [2.05, 4.69) is 0 Å². The average molecular weight is 456 g/mol. The van der Waals surface area contributed by atoms with Gasteiger partial charge in [-0.2, -0.15) is 0 Å². The summed E-state index contributed by atoms with van der Waals surface area (Å²) in [6, 6.07) is 0. The van der Waals surface area contributed by atoms with Crippen LogP contribution in [-0.2, 0) is 27.2 Å². The van der Waals surface area contributed by atoms with E-state index in [0.717, 1.165) is 6.29 Å². The first-order valence-electron chi connectivity index (χ1n) is 3.25. The van der Waals surface area contributed by atoms with Gasteiger partial charge in [-0.25, -0.2) is 6.29 Å². The van der Waals surface area contributed by atoms with Gasteiger partial charge in [-0.3, -0.25) is 0 Å². The van der Waals surface area contributed by atoms with E-state index in [9.17, 15) is 4.79 Å². The van der Waals surface area contributed by atoms with E-state index < -0.39 is 31.0 Å². The van der Waals surface area contributed by atoms with Gasteiger partial charge in [0.05, 0.1) is 12.7 Å². The van der Waals surface area contributed by atoms with E-state index in [1.54, 1.807) is 0 Å². The summed E-state index contributed by atoms with van der Waals surface area (Å²) in [5, 5.41) is 43.4. The Morgan fingerprint density at radius 2 is 1.50 bits per heavy atom. The number of aliphatic hydroxyl groups is 5. The molecule has 4 atom stereocenters. The quantitative estimate of drug-likeness (QED) is 0.212. The van der Waals surface area contributed by atoms with Crippen LogP contribution in [0.3, 0.4) is 0 Å². The zero-order valence-electron chi connectivity index (χ0n) is 6.91. The van der Waals surface area contributed by atoms with Gasteiger partial charge in [0.25, 0.3) is 0 Å². The molecule has 0 spiro atoms. The monoisotopic (exact) mass is 457 g/mol. The van der Waals surface area contributed by atoms with Crippen molar-refractivity contribution in [2.24, 2.45) is 0 Å². The van der Waals surface area contributed by atoms with Crippen molar-refractivity contribution in [1.29, 1.82) is 0 Å². The fraction of sp³-hybridized carbons (Fsp3) is 0.833. The number of carbonyl (C=O) groups excluding carboxylic acids is 1. The molecule has 0 saturated carbocycles. The Morgan fingerprint density at radius 1 is 1.07 bits per heavy atom. The predicted octanol–water partition coefficient (Wildman–Crippen LogP) is -4.12. The van der Waals surface area contributed by atoms with Gasteiger partial charge in [0.1, 0.15) is 12.2 Å². The third-order valence-corrected chi connectivity index (χ3v) is 1.38. The molecule has 0 aromatic carbocycles. The van der Waals surface area contributed by atoms with Crippen LogP contribution in [0.15, 0.2) is 0 Å². The van der Waals surface area contributed by atoms with E-state index in [0.29, 0.717) is 0 Å². The fourth-order valence-corrected chi connectivity index (χ4v) is 0.592. The molecule has 0 amide bonds. The summed E-state index contributed by atoms with van der Waals surface area (Å²) in [5.74, 6) is 0. The molecule has 0 rings (SSSR count). The molecule has 0 aliphatic carbocycles. The molecule has 0 aliphatic rings. The first kappa shape index (κ1) is 20.2. The molecule has 5 N–H and O–H groups in total. The zero-order chi connectivity index (χ0) is 9.72. The molecule has 89 valence electrons. The van der Waals surface area contributed by atoms with Gasteiger partial charge < -0.3 is 30.3 Å². The third-order valence-electron chi connectivity index (χ3n) is 1.38. The predicted molar refractivity (Wildman–Crippen MR) is 44.0 cm³/mol. The van der Waals surface area contributed by atoms with Crippen LogP contribution in [0, 0.1) is 0 Å². The molecule has 6 nitrogen and oxygen atoms in total. The maximum absolute atomic E-state index is 9.77. The molecule has 0 saturated heterocycles. The maximum atomic E-state index is 9.77. The molecular formula is C6H12AuO6Se. The minimum atomic E-state index is -1.89. The average Bonchev–Trinajstić information content (AvgIpc) is 2.12. The molecule has 14 heavy (non-hydrogen) atoms. The molecule has 0 aliphatic heterocycles. The minimum absolute atomic E-state index is 0. The van der Waals surface area contributed by atoms with Gasteiger partial charge in [0.2, 0.25) is 0 Å². The van der Waals surface area contributed by atoms with Gasteiger partial charge in [-0.1, -0.05) is 0 Å². The van der Waals surface area contributed by atoms with Crippen molar-refractivity contribution in [2.45, 2.75) is 24.4 Å². The first-order chi connectivity index (χ1) is 5.54. The Balaban J connectivity index is -0.000000605. The van der Waals surface area contributed by atoms with Crippen molar-refractivity contribution in [3.05, 3.63) is 0 Å².